The number of anilines is 1. The summed E-state index contributed by atoms with van der Waals surface area (Å²) in [6.45, 7) is 4.73. The number of benzene rings is 1. The first kappa shape index (κ1) is 24.0. The van der Waals surface area contributed by atoms with Crippen LogP contribution in [0.15, 0.2) is 24.3 Å². The quantitative estimate of drug-likeness (QED) is 0.706. The highest BCUT2D eigenvalue weighted by atomic mass is 19.4. The molecule has 4 rings (SSSR count). The Hall–Kier alpha value is -2.13. The summed E-state index contributed by atoms with van der Waals surface area (Å²) in [4.78, 5) is 29.0. The van der Waals surface area contributed by atoms with Crippen LogP contribution in [-0.2, 0) is 9.59 Å². The van der Waals surface area contributed by atoms with Crippen molar-refractivity contribution in [3.05, 3.63) is 29.8 Å². The fraction of sp³-hybridized carbons (Fsp3) is 0.667. The van der Waals surface area contributed by atoms with E-state index in [0.29, 0.717) is 50.8 Å². The first-order valence-corrected chi connectivity index (χ1v) is 11.5. The molecule has 1 aromatic rings. The van der Waals surface area contributed by atoms with E-state index in [1.807, 2.05) is 13.8 Å². The number of hydrogen-bond donors (Lipinski definition) is 2. The van der Waals surface area contributed by atoms with E-state index < -0.39 is 23.3 Å². The Morgan fingerprint density at radius 1 is 1.00 bits per heavy atom. The predicted octanol–water partition coefficient (Wildman–Crippen LogP) is 3.71. The maximum Gasteiger partial charge on any atom is 0.418 e. The molecule has 3 aliphatic rings. The highest BCUT2D eigenvalue weighted by Crippen LogP contribution is 2.49. The minimum absolute atomic E-state index is 0.0518. The predicted molar refractivity (Wildman–Crippen MR) is 115 cm³/mol. The Balaban J connectivity index is 1.42. The number of rotatable bonds is 4. The lowest BCUT2D eigenvalue weighted by Crippen LogP contribution is -2.53. The van der Waals surface area contributed by atoms with Crippen LogP contribution in [-0.4, -0.2) is 57.3 Å². The molecular formula is C24H31F3N2O4. The first-order chi connectivity index (χ1) is 15.3. The number of hydrogen-bond acceptors (Lipinski definition) is 4. The topological polar surface area (TPSA) is 81.1 Å². The molecular weight excluding hydrogens is 437 g/mol. The average Bonchev–Trinajstić information content (AvgIpc) is 3.20. The molecule has 9 heteroatoms. The van der Waals surface area contributed by atoms with Crippen LogP contribution in [0.1, 0.15) is 70.5 Å². The van der Waals surface area contributed by atoms with E-state index >= 15 is 0 Å². The lowest BCUT2D eigenvalue weighted by molar-refractivity contribution is -0.206. The second kappa shape index (κ2) is 7.98. The number of nitrogens with zero attached hydrogens (tertiary/aromatic N) is 2. The Morgan fingerprint density at radius 3 is 2.12 bits per heavy atom. The number of likely N-dealkylation sites (tertiary alicyclic amines) is 1. The van der Waals surface area contributed by atoms with E-state index in [9.17, 15) is 33.0 Å². The van der Waals surface area contributed by atoms with Crippen molar-refractivity contribution in [3.8, 4) is 0 Å². The Kier molecular flexibility index (Phi) is 5.80. The van der Waals surface area contributed by atoms with Gasteiger partial charge in [0.1, 0.15) is 0 Å². The number of halogens is 3. The molecule has 1 spiro atoms. The molecule has 2 N–H and O–H groups in total. The number of carbonyl (C=O) groups excluding carboxylic acids is 2. The summed E-state index contributed by atoms with van der Waals surface area (Å²) >= 11 is 0. The second-order valence-electron chi connectivity index (χ2n) is 10.5. The van der Waals surface area contributed by atoms with Gasteiger partial charge in [-0.15, -0.1) is 0 Å². The molecule has 2 amide bonds. The van der Waals surface area contributed by atoms with Gasteiger partial charge in [-0.05, 0) is 70.1 Å². The zero-order valence-electron chi connectivity index (χ0n) is 19.0. The van der Waals surface area contributed by atoms with Gasteiger partial charge in [0.25, 0.3) is 0 Å². The molecule has 6 nitrogen and oxygen atoms in total. The van der Waals surface area contributed by atoms with Crippen LogP contribution in [0.25, 0.3) is 0 Å². The maximum absolute atomic E-state index is 13.3. The molecule has 2 saturated heterocycles. The van der Waals surface area contributed by atoms with Gasteiger partial charge in [0.15, 0.2) is 6.10 Å². The number of amides is 2. The smallest absolute Gasteiger partial charge is 0.388 e. The van der Waals surface area contributed by atoms with Gasteiger partial charge in [0.2, 0.25) is 11.8 Å². The van der Waals surface area contributed by atoms with Gasteiger partial charge >= 0.3 is 6.18 Å². The van der Waals surface area contributed by atoms with E-state index in [2.05, 4.69) is 0 Å². The highest BCUT2D eigenvalue weighted by molar-refractivity contribution is 6.00. The van der Waals surface area contributed by atoms with E-state index in [-0.39, 0.29) is 29.5 Å². The van der Waals surface area contributed by atoms with Crippen LogP contribution < -0.4 is 4.90 Å². The first-order valence-electron chi connectivity index (χ1n) is 11.5. The third kappa shape index (κ3) is 4.37. The number of alkyl halides is 3. The van der Waals surface area contributed by atoms with E-state index in [0.717, 1.165) is 6.42 Å². The van der Waals surface area contributed by atoms with Crippen LogP contribution >= 0.6 is 0 Å². The number of β-amino-alcohol motifs (C(OH)–C–C–N with tert-alkyl or cyclic N) is 1. The van der Waals surface area contributed by atoms with Gasteiger partial charge in [-0.25, -0.2) is 0 Å². The average molecular weight is 469 g/mol. The van der Waals surface area contributed by atoms with Gasteiger partial charge in [-0.3, -0.25) is 9.59 Å². The molecule has 33 heavy (non-hydrogen) atoms. The summed E-state index contributed by atoms with van der Waals surface area (Å²) in [5, 5.41) is 20.6. The lowest BCUT2D eigenvalue weighted by Gasteiger charge is -2.44. The minimum atomic E-state index is -4.75. The zero-order valence-corrected chi connectivity index (χ0v) is 19.0. The number of aliphatic hydroxyl groups excluding tert-OH is 1. The van der Waals surface area contributed by atoms with Crippen LogP contribution in [0.2, 0.25) is 0 Å². The molecule has 1 aromatic carbocycles. The molecule has 0 bridgehead atoms. The van der Waals surface area contributed by atoms with Crippen molar-refractivity contribution in [3.63, 3.8) is 0 Å². The van der Waals surface area contributed by atoms with Crippen LogP contribution in [0, 0.1) is 5.41 Å². The minimum Gasteiger partial charge on any atom is -0.388 e. The Labute approximate surface area is 191 Å². The second-order valence-corrected chi connectivity index (χ2v) is 10.5. The molecule has 1 aliphatic carbocycles. The van der Waals surface area contributed by atoms with Gasteiger partial charge in [-0.2, -0.15) is 13.2 Å². The van der Waals surface area contributed by atoms with E-state index in [1.54, 1.807) is 9.80 Å². The summed E-state index contributed by atoms with van der Waals surface area (Å²) in [6, 6.07) is 5.25. The molecule has 182 valence electrons. The van der Waals surface area contributed by atoms with Crippen LogP contribution in [0.3, 0.4) is 0 Å². The summed E-state index contributed by atoms with van der Waals surface area (Å²) in [5.41, 5.74) is -1.67. The Morgan fingerprint density at radius 2 is 1.61 bits per heavy atom. The molecule has 3 fully saturated rings. The Bertz CT molecular complexity index is 921. The number of aliphatic hydroxyl groups is 2. The van der Waals surface area contributed by atoms with Crippen molar-refractivity contribution < 1.29 is 33.0 Å². The molecule has 0 aromatic heterocycles. The number of carbonyl (C=O) groups is 2. The normalized spacial score (nSPS) is 31.0. The monoisotopic (exact) mass is 468 g/mol. The molecule has 0 radical (unpaired) electrons. The fourth-order valence-electron chi connectivity index (χ4n) is 5.53. The van der Waals surface area contributed by atoms with Crippen molar-refractivity contribution in [1.29, 1.82) is 0 Å². The van der Waals surface area contributed by atoms with E-state index in [4.69, 9.17) is 0 Å². The van der Waals surface area contributed by atoms with Gasteiger partial charge in [0.05, 0.1) is 11.0 Å². The molecule has 2 aliphatic heterocycles. The molecule has 1 atom stereocenters. The van der Waals surface area contributed by atoms with Crippen molar-refractivity contribution in [2.75, 3.05) is 18.0 Å². The van der Waals surface area contributed by atoms with Crippen molar-refractivity contribution in [2.24, 2.45) is 5.41 Å². The molecule has 0 unspecified atom stereocenters. The zero-order chi connectivity index (χ0) is 24.2. The highest BCUT2D eigenvalue weighted by Gasteiger charge is 2.53. The van der Waals surface area contributed by atoms with Gasteiger partial charge in [-0.1, -0.05) is 12.1 Å². The van der Waals surface area contributed by atoms with Gasteiger partial charge < -0.3 is 20.0 Å². The summed E-state index contributed by atoms with van der Waals surface area (Å²) in [6.07, 6.45) is -3.59. The fourth-order valence-corrected chi connectivity index (χ4v) is 5.53. The molecule has 2 heterocycles. The summed E-state index contributed by atoms with van der Waals surface area (Å²) < 4.78 is 38.2. The molecule has 1 saturated carbocycles. The van der Waals surface area contributed by atoms with Crippen molar-refractivity contribution >= 4 is 17.5 Å². The van der Waals surface area contributed by atoms with E-state index in [1.165, 1.54) is 24.3 Å². The third-order valence-corrected chi connectivity index (χ3v) is 7.92. The van der Waals surface area contributed by atoms with Crippen molar-refractivity contribution in [1.82, 2.24) is 4.90 Å². The standard InChI is InChI=1S/C24H31F3N2O4/c1-21(2)8-7-18(30)29(21)15-23(33)11-9-22(10-12-23)13-14-28(20(22)32)17-5-3-16(4-6-17)19(31)24(25,26)27/h3-6,19,31,33H,7-15H2,1-2H3/t19-,22-,23+/m1/s1. The maximum atomic E-state index is 13.3. The van der Waals surface area contributed by atoms with Crippen LogP contribution in [0.4, 0.5) is 18.9 Å². The summed E-state index contributed by atoms with van der Waals surface area (Å²) in [5.74, 6) is -0.0258. The third-order valence-electron chi connectivity index (χ3n) is 7.92. The van der Waals surface area contributed by atoms with Gasteiger partial charge in [0, 0.05) is 30.7 Å². The largest absolute Gasteiger partial charge is 0.418 e. The summed E-state index contributed by atoms with van der Waals surface area (Å²) in [7, 11) is 0. The lowest BCUT2D eigenvalue weighted by atomic mass is 9.67. The van der Waals surface area contributed by atoms with Crippen molar-refractivity contribution in [2.45, 2.75) is 82.2 Å². The SMILES string of the molecule is CC1(C)CCC(=O)N1C[C@]1(O)CC[C@]2(CCN(c3ccc([C@@H](O)C(F)(F)F)cc3)C2=O)CC1. The van der Waals surface area contributed by atoms with Crippen LogP contribution in [0.5, 0.6) is 0 Å².